The van der Waals surface area contributed by atoms with E-state index in [0.717, 1.165) is 35.4 Å². The van der Waals surface area contributed by atoms with Crippen LogP contribution in [0.15, 0.2) is 39.7 Å². The molecule has 0 saturated carbocycles. The second-order valence-electron chi connectivity index (χ2n) is 6.62. The van der Waals surface area contributed by atoms with Crippen molar-refractivity contribution in [2.75, 3.05) is 32.2 Å². The summed E-state index contributed by atoms with van der Waals surface area (Å²) >= 11 is 0.851. The van der Waals surface area contributed by atoms with Gasteiger partial charge in [-0.1, -0.05) is 0 Å². The standard InChI is InChI=1S/C22H24N2O6S/c1-5-23(6-2)15-8-7-14(18(12-15)28-3)11-19-20(25)24(22(27)31-19)13-16-9-10-17(30-16)21(26)29-4/h7-12H,5-6,13H2,1-4H3. The Morgan fingerprint density at radius 3 is 2.55 bits per heavy atom. The van der Waals surface area contributed by atoms with Gasteiger partial charge in [0.15, 0.2) is 0 Å². The minimum Gasteiger partial charge on any atom is -0.496 e. The van der Waals surface area contributed by atoms with Gasteiger partial charge in [0.1, 0.15) is 11.5 Å². The van der Waals surface area contributed by atoms with Crippen molar-refractivity contribution >= 4 is 40.6 Å². The van der Waals surface area contributed by atoms with Gasteiger partial charge in [0.05, 0.1) is 25.7 Å². The Labute approximate surface area is 184 Å². The fourth-order valence-electron chi connectivity index (χ4n) is 3.21. The number of carbonyl (C=O) groups is 3. The van der Waals surface area contributed by atoms with E-state index in [2.05, 4.69) is 23.5 Å². The molecular formula is C22H24N2O6S. The first-order chi connectivity index (χ1) is 14.9. The molecule has 0 aliphatic carbocycles. The highest BCUT2D eigenvalue weighted by molar-refractivity contribution is 8.18. The lowest BCUT2D eigenvalue weighted by atomic mass is 10.1. The number of benzene rings is 1. The van der Waals surface area contributed by atoms with E-state index in [4.69, 9.17) is 9.15 Å². The zero-order valence-corrected chi connectivity index (χ0v) is 18.7. The number of anilines is 1. The lowest BCUT2D eigenvalue weighted by Gasteiger charge is -2.22. The van der Waals surface area contributed by atoms with Crippen molar-refractivity contribution in [3.05, 3.63) is 52.3 Å². The van der Waals surface area contributed by atoms with Crippen LogP contribution in [0.3, 0.4) is 0 Å². The average molecular weight is 445 g/mol. The molecule has 1 aliphatic rings. The van der Waals surface area contributed by atoms with Crippen molar-refractivity contribution in [2.24, 2.45) is 0 Å². The first-order valence-corrected chi connectivity index (χ1v) is 10.6. The van der Waals surface area contributed by atoms with E-state index in [9.17, 15) is 14.4 Å². The highest BCUT2D eigenvalue weighted by atomic mass is 32.2. The second-order valence-corrected chi connectivity index (χ2v) is 7.62. The number of amides is 2. The molecule has 31 heavy (non-hydrogen) atoms. The Hall–Kier alpha value is -3.20. The number of carbonyl (C=O) groups excluding carboxylic acids is 3. The Morgan fingerprint density at radius 1 is 1.16 bits per heavy atom. The highest BCUT2D eigenvalue weighted by Gasteiger charge is 2.36. The Kier molecular flexibility index (Phi) is 7.06. The van der Waals surface area contributed by atoms with Crippen LogP contribution >= 0.6 is 11.8 Å². The molecule has 2 heterocycles. The molecule has 2 amide bonds. The van der Waals surface area contributed by atoms with Crippen molar-refractivity contribution in [1.29, 1.82) is 0 Å². The summed E-state index contributed by atoms with van der Waals surface area (Å²) in [4.78, 5) is 40.3. The van der Waals surface area contributed by atoms with Gasteiger partial charge in [0.25, 0.3) is 11.1 Å². The quantitative estimate of drug-likeness (QED) is 0.443. The molecular weight excluding hydrogens is 420 g/mol. The predicted molar refractivity (Wildman–Crippen MR) is 118 cm³/mol. The van der Waals surface area contributed by atoms with E-state index in [0.29, 0.717) is 22.0 Å². The van der Waals surface area contributed by atoms with Crippen molar-refractivity contribution < 1.29 is 28.3 Å². The Balaban J connectivity index is 1.81. The number of methoxy groups -OCH3 is 2. The van der Waals surface area contributed by atoms with Crippen LogP contribution in [0.4, 0.5) is 10.5 Å². The van der Waals surface area contributed by atoms with Gasteiger partial charge in [0.2, 0.25) is 5.76 Å². The summed E-state index contributed by atoms with van der Waals surface area (Å²) in [5.74, 6) is -0.116. The molecule has 1 fully saturated rings. The lowest BCUT2D eigenvalue weighted by Crippen LogP contribution is -2.27. The topological polar surface area (TPSA) is 89.3 Å². The zero-order valence-electron chi connectivity index (χ0n) is 17.8. The third-order valence-corrected chi connectivity index (χ3v) is 5.78. The number of hydrogen-bond acceptors (Lipinski definition) is 8. The summed E-state index contributed by atoms with van der Waals surface area (Å²) in [6.45, 7) is 5.81. The number of thioether (sulfide) groups is 1. The van der Waals surface area contributed by atoms with E-state index in [-0.39, 0.29) is 12.3 Å². The van der Waals surface area contributed by atoms with Gasteiger partial charge in [-0.3, -0.25) is 14.5 Å². The van der Waals surface area contributed by atoms with Crippen molar-refractivity contribution in [3.8, 4) is 5.75 Å². The van der Waals surface area contributed by atoms with Crippen LogP contribution in [0.1, 0.15) is 35.7 Å². The smallest absolute Gasteiger partial charge is 0.373 e. The molecule has 1 saturated heterocycles. The van der Waals surface area contributed by atoms with Crippen molar-refractivity contribution in [1.82, 2.24) is 4.90 Å². The summed E-state index contributed by atoms with van der Waals surface area (Å²) in [5, 5.41) is -0.411. The van der Waals surface area contributed by atoms with Crippen LogP contribution < -0.4 is 9.64 Å². The third kappa shape index (κ3) is 4.77. The van der Waals surface area contributed by atoms with Crippen molar-refractivity contribution in [2.45, 2.75) is 20.4 Å². The minimum absolute atomic E-state index is 0.0121. The second kappa shape index (κ2) is 9.74. The molecule has 164 valence electrons. The van der Waals surface area contributed by atoms with Crippen LogP contribution in [0, 0.1) is 0 Å². The number of furan rings is 1. The van der Waals surface area contributed by atoms with E-state index in [1.165, 1.54) is 19.2 Å². The summed E-state index contributed by atoms with van der Waals surface area (Å²) in [6, 6.07) is 8.73. The largest absolute Gasteiger partial charge is 0.496 e. The average Bonchev–Trinajstić information content (AvgIpc) is 3.35. The molecule has 0 unspecified atom stereocenters. The molecule has 0 bridgehead atoms. The first kappa shape index (κ1) is 22.5. The molecule has 2 aromatic rings. The van der Waals surface area contributed by atoms with Gasteiger partial charge in [0, 0.05) is 30.4 Å². The summed E-state index contributed by atoms with van der Waals surface area (Å²) in [7, 11) is 2.81. The van der Waals surface area contributed by atoms with E-state index >= 15 is 0 Å². The van der Waals surface area contributed by atoms with Gasteiger partial charge in [-0.05, 0) is 56.0 Å². The van der Waals surface area contributed by atoms with Crippen LogP contribution in [0.5, 0.6) is 5.75 Å². The van der Waals surface area contributed by atoms with E-state index in [1.807, 2.05) is 18.2 Å². The molecule has 1 aromatic heterocycles. The molecule has 8 nitrogen and oxygen atoms in total. The Morgan fingerprint density at radius 2 is 1.90 bits per heavy atom. The number of ether oxygens (including phenoxy) is 2. The van der Waals surface area contributed by atoms with Gasteiger partial charge in [-0.25, -0.2) is 4.79 Å². The maximum absolute atomic E-state index is 12.8. The van der Waals surface area contributed by atoms with Gasteiger partial charge in [-0.15, -0.1) is 0 Å². The van der Waals surface area contributed by atoms with Crippen LogP contribution in [0.2, 0.25) is 0 Å². The summed E-state index contributed by atoms with van der Waals surface area (Å²) < 4.78 is 15.5. The fourth-order valence-corrected chi connectivity index (χ4v) is 4.04. The summed E-state index contributed by atoms with van der Waals surface area (Å²) in [6.07, 6.45) is 1.65. The number of hydrogen-bond donors (Lipinski definition) is 0. The molecule has 1 aromatic carbocycles. The van der Waals surface area contributed by atoms with Crippen LogP contribution in [0.25, 0.3) is 6.08 Å². The van der Waals surface area contributed by atoms with E-state index in [1.54, 1.807) is 13.2 Å². The number of nitrogens with zero attached hydrogens (tertiary/aromatic N) is 2. The predicted octanol–water partition coefficient (Wildman–Crippen LogP) is 4.16. The number of esters is 1. The molecule has 1 aliphatic heterocycles. The van der Waals surface area contributed by atoms with Gasteiger partial charge < -0.3 is 18.8 Å². The molecule has 0 atom stereocenters. The lowest BCUT2D eigenvalue weighted by molar-refractivity contribution is -0.123. The number of imide groups is 1. The third-order valence-electron chi connectivity index (χ3n) is 4.87. The van der Waals surface area contributed by atoms with Gasteiger partial charge in [-0.2, -0.15) is 0 Å². The van der Waals surface area contributed by atoms with Crippen LogP contribution in [-0.4, -0.2) is 49.3 Å². The fraction of sp³-hybridized carbons (Fsp3) is 0.318. The molecule has 9 heteroatoms. The monoisotopic (exact) mass is 444 g/mol. The maximum Gasteiger partial charge on any atom is 0.373 e. The molecule has 0 spiro atoms. The normalized spacial score (nSPS) is 15.0. The molecule has 3 rings (SSSR count). The summed E-state index contributed by atoms with van der Waals surface area (Å²) in [5.41, 5.74) is 1.72. The molecule has 0 radical (unpaired) electrons. The van der Waals surface area contributed by atoms with Crippen molar-refractivity contribution in [3.63, 3.8) is 0 Å². The Bertz CT molecular complexity index is 1020. The van der Waals surface area contributed by atoms with E-state index < -0.39 is 17.1 Å². The zero-order chi connectivity index (χ0) is 22.5. The molecule has 0 N–H and O–H groups in total. The van der Waals surface area contributed by atoms with Crippen LogP contribution in [-0.2, 0) is 16.1 Å². The minimum atomic E-state index is -0.625. The SMILES string of the molecule is CCN(CC)c1ccc(C=C2SC(=O)N(Cc3ccc(C(=O)OC)o3)C2=O)c(OC)c1. The van der Waals surface area contributed by atoms with Gasteiger partial charge >= 0.3 is 5.97 Å². The first-order valence-electron chi connectivity index (χ1n) is 9.77. The highest BCUT2D eigenvalue weighted by Crippen LogP contribution is 2.36. The maximum atomic E-state index is 12.8. The number of rotatable bonds is 8.